The number of halogens is 2. The molecule has 1 heterocycles. The molecule has 1 fully saturated rings. The lowest BCUT2D eigenvalue weighted by atomic mass is 9.95. The van der Waals surface area contributed by atoms with E-state index in [-0.39, 0.29) is 5.57 Å². The SMILES string of the molecule is C[NH+](C)c1ccc(N2C(=O)C(=O)/C(=C(/[O-])c3ccc(Cl)cc3)C2c2ccc(Br)cc2)cc1. The molecule has 7 heteroatoms. The standard InChI is InChI=1S/C25H20BrClN2O3/c1-28(2)19-11-13-20(14-12-19)29-22(15-3-7-17(26)8-4-15)21(24(31)25(29)32)23(30)16-5-9-18(27)10-6-16/h3-14,22,30H,1-2H3/b23-21+. The topological polar surface area (TPSA) is 64.9 Å². The molecule has 4 rings (SSSR count). The summed E-state index contributed by atoms with van der Waals surface area (Å²) in [6.07, 6.45) is 0. The van der Waals surface area contributed by atoms with Gasteiger partial charge in [0.2, 0.25) is 5.78 Å². The molecule has 0 bridgehead atoms. The molecule has 1 aliphatic heterocycles. The Morgan fingerprint density at radius 2 is 1.53 bits per heavy atom. The lowest BCUT2D eigenvalue weighted by Gasteiger charge is -2.27. The highest BCUT2D eigenvalue weighted by Gasteiger charge is 2.45. The average molecular weight is 512 g/mol. The second-order valence-electron chi connectivity index (χ2n) is 7.75. The zero-order valence-corrected chi connectivity index (χ0v) is 19.8. The van der Waals surface area contributed by atoms with Crippen molar-refractivity contribution >= 4 is 56.4 Å². The maximum Gasteiger partial charge on any atom is 0.299 e. The Bertz CT molecular complexity index is 1200. The minimum absolute atomic E-state index is 0.0676. The third kappa shape index (κ3) is 4.09. The molecule has 1 saturated heterocycles. The molecule has 1 unspecified atom stereocenters. The van der Waals surface area contributed by atoms with Gasteiger partial charge < -0.3 is 10.0 Å². The first-order chi connectivity index (χ1) is 15.3. The lowest BCUT2D eigenvalue weighted by Crippen LogP contribution is -3.00. The Morgan fingerprint density at radius 3 is 2.09 bits per heavy atom. The van der Waals surface area contributed by atoms with E-state index in [2.05, 4.69) is 15.9 Å². The first-order valence-electron chi connectivity index (χ1n) is 9.99. The van der Waals surface area contributed by atoms with Gasteiger partial charge in [0, 0.05) is 32.9 Å². The van der Waals surface area contributed by atoms with Crippen molar-refractivity contribution in [3.05, 3.63) is 99.0 Å². The van der Waals surface area contributed by atoms with E-state index in [9.17, 15) is 14.7 Å². The van der Waals surface area contributed by atoms with Crippen LogP contribution >= 0.6 is 27.5 Å². The summed E-state index contributed by atoms with van der Waals surface area (Å²) in [5.74, 6) is -2.00. The van der Waals surface area contributed by atoms with Crippen molar-refractivity contribution in [3.63, 3.8) is 0 Å². The number of quaternary nitrogens is 1. The number of anilines is 1. The van der Waals surface area contributed by atoms with Crippen molar-refractivity contribution in [1.29, 1.82) is 0 Å². The Hall–Kier alpha value is -2.93. The number of carbonyl (C=O) groups excluding carboxylic acids is 2. The van der Waals surface area contributed by atoms with Gasteiger partial charge in [-0.15, -0.1) is 0 Å². The first kappa shape index (κ1) is 22.3. The van der Waals surface area contributed by atoms with E-state index in [1.807, 2.05) is 38.4 Å². The summed E-state index contributed by atoms with van der Waals surface area (Å²) in [5, 5.41) is 13.9. The van der Waals surface area contributed by atoms with Gasteiger partial charge in [0.15, 0.2) is 0 Å². The number of hydrogen-bond donors (Lipinski definition) is 1. The highest BCUT2D eigenvalue weighted by molar-refractivity contribution is 9.10. The molecule has 1 aliphatic rings. The maximum atomic E-state index is 13.4. The number of carbonyl (C=O) groups is 2. The van der Waals surface area contributed by atoms with E-state index in [4.69, 9.17) is 11.6 Å². The van der Waals surface area contributed by atoms with E-state index in [1.165, 1.54) is 4.90 Å². The van der Waals surface area contributed by atoms with Crippen LogP contribution in [-0.2, 0) is 9.59 Å². The normalized spacial score (nSPS) is 17.9. The molecule has 0 aromatic heterocycles. The Labute approximate surface area is 199 Å². The van der Waals surface area contributed by atoms with Gasteiger partial charge in [-0.05, 0) is 47.5 Å². The third-order valence-electron chi connectivity index (χ3n) is 5.45. The van der Waals surface area contributed by atoms with Crippen molar-refractivity contribution in [2.24, 2.45) is 0 Å². The molecule has 1 amide bonds. The minimum Gasteiger partial charge on any atom is -0.872 e. The summed E-state index contributed by atoms with van der Waals surface area (Å²) in [6.45, 7) is 0. The van der Waals surface area contributed by atoms with Crippen molar-refractivity contribution in [3.8, 4) is 0 Å². The Balaban J connectivity index is 1.90. The van der Waals surface area contributed by atoms with Crippen LogP contribution in [0.25, 0.3) is 5.76 Å². The Kier molecular flexibility index (Phi) is 6.20. The van der Waals surface area contributed by atoms with Crippen LogP contribution in [0.5, 0.6) is 0 Å². The lowest BCUT2D eigenvalue weighted by molar-refractivity contribution is -0.786. The maximum absolute atomic E-state index is 13.4. The molecule has 1 N–H and O–H groups in total. The van der Waals surface area contributed by atoms with Crippen LogP contribution in [0.1, 0.15) is 17.2 Å². The van der Waals surface area contributed by atoms with Crippen LogP contribution in [-0.4, -0.2) is 25.8 Å². The first-order valence-corrected chi connectivity index (χ1v) is 11.2. The molecule has 3 aromatic carbocycles. The van der Waals surface area contributed by atoms with Crippen LogP contribution in [0, 0.1) is 0 Å². The number of nitrogens with zero attached hydrogens (tertiary/aromatic N) is 1. The van der Waals surface area contributed by atoms with Gasteiger partial charge in [-0.1, -0.05) is 57.6 Å². The number of amides is 1. The van der Waals surface area contributed by atoms with Crippen LogP contribution in [0.4, 0.5) is 11.4 Å². The van der Waals surface area contributed by atoms with Gasteiger partial charge in [0.25, 0.3) is 5.91 Å². The van der Waals surface area contributed by atoms with Crippen molar-refractivity contribution < 1.29 is 19.6 Å². The highest BCUT2D eigenvalue weighted by atomic mass is 79.9. The molecular weight excluding hydrogens is 492 g/mol. The highest BCUT2D eigenvalue weighted by Crippen LogP contribution is 2.42. The van der Waals surface area contributed by atoms with Gasteiger partial charge in [0.1, 0.15) is 5.69 Å². The molecule has 1 atom stereocenters. The van der Waals surface area contributed by atoms with Crippen molar-refractivity contribution in [1.82, 2.24) is 0 Å². The van der Waals surface area contributed by atoms with E-state index in [0.29, 0.717) is 21.8 Å². The van der Waals surface area contributed by atoms with Gasteiger partial charge in [-0.2, -0.15) is 0 Å². The van der Waals surface area contributed by atoms with E-state index in [0.717, 1.165) is 15.1 Å². The summed E-state index contributed by atoms with van der Waals surface area (Å²) in [4.78, 5) is 28.8. The van der Waals surface area contributed by atoms with Crippen LogP contribution in [0.3, 0.4) is 0 Å². The summed E-state index contributed by atoms with van der Waals surface area (Å²) in [7, 11) is 4.00. The van der Waals surface area contributed by atoms with Crippen LogP contribution in [0.2, 0.25) is 5.02 Å². The molecule has 32 heavy (non-hydrogen) atoms. The number of hydrogen-bond acceptors (Lipinski definition) is 3. The third-order valence-corrected chi connectivity index (χ3v) is 6.23. The minimum atomic E-state index is -0.830. The number of benzene rings is 3. The summed E-state index contributed by atoms with van der Waals surface area (Å²) < 4.78 is 0.854. The predicted molar refractivity (Wildman–Crippen MR) is 127 cm³/mol. The van der Waals surface area contributed by atoms with Crippen molar-refractivity contribution in [2.75, 3.05) is 19.0 Å². The van der Waals surface area contributed by atoms with E-state index >= 15 is 0 Å². The van der Waals surface area contributed by atoms with E-state index in [1.54, 1.807) is 48.5 Å². The fraction of sp³-hybridized carbons (Fsp3) is 0.120. The zero-order chi connectivity index (χ0) is 23.0. The average Bonchev–Trinajstić information content (AvgIpc) is 3.05. The summed E-state index contributed by atoms with van der Waals surface area (Å²) >= 11 is 9.36. The fourth-order valence-electron chi connectivity index (χ4n) is 3.76. The van der Waals surface area contributed by atoms with E-state index < -0.39 is 23.5 Å². The van der Waals surface area contributed by atoms with Crippen LogP contribution in [0.15, 0.2) is 82.8 Å². The fourth-order valence-corrected chi connectivity index (χ4v) is 4.15. The van der Waals surface area contributed by atoms with Crippen LogP contribution < -0.4 is 14.9 Å². The van der Waals surface area contributed by atoms with Gasteiger partial charge in [-0.25, -0.2) is 0 Å². The molecule has 0 saturated carbocycles. The summed E-state index contributed by atoms with van der Waals surface area (Å²) in [5.41, 5.74) is 2.50. The number of rotatable bonds is 4. The second-order valence-corrected chi connectivity index (χ2v) is 9.11. The number of nitrogens with one attached hydrogen (secondary N) is 1. The molecule has 3 aromatic rings. The monoisotopic (exact) mass is 510 g/mol. The zero-order valence-electron chi connectivity index (χ0n) is 17.4. The Morgan fingerprint density at radius 1 is 0.938 bits per heavy atom. The molecule has 0 spiro atoms. The molecule has 0 radical (unpaired) electrons. The molecule has 5 nitrogen and oxygen atoms in total. The number of ketones is 1. The van der Waals surface area contributed by atoms with Gasteiger partial charge in [-0.3, -0.25) is 14.5 Å². The largest absolute Gasteiger partial charge is 0.872 e. The number of Topliss-reactive ketones (excluding diaryl/α,β-unsaturated/α-hetero) is 1. The smallest absolute Gasteiger partial charge is 0.299 e. The second kappa shape index (κ2) is 8.90. The molecular formula is C25H20BrClN2O3. The quantitative estimate of drug-likeness (QED) is 0.332. The predicted octanol–water partition coefficient (Wildman–Crippen LogP) is 3.31. The van der Waals surface area contributed by atoms with Crippen molar-refractivity contribution in [2.45, 2.75) is 6.04 Å². The molecule has 162 valence electrons. The van der Waals surface area contributed by atoms with Gasteiger partial charge >= 0.3 is 0 Å². The summed E-state index contributed by atoms with van der Waals surface area (Å²) in [6, 6.07) is 20.1. The molecule has 0 aliphatic carbocycles. The van der Waals surface area contributed by atoms with Gasteiger partial charge in [0.05, 0.1) is 20.1 Å².